The smallest absolute Gasteiger partial charge is 0.255 e. The number of nitrogens with zero attached hydrogens (tertiary/aromatic N) is 2. The average molecular weight is 415 g/mol. The predicted octanol–water partition coefficient (Wildman–Crippen LogP) is 1.92. The van der Waals surface area contributed by atoms with Crippen LogP contribution in [0.1, 0.15) is 33.4 Å². The van der Waals surface area contributed by atoms with Crippen molar-refractivity contribution < 1.29 is 17.7 Å². The fourth-order valence-corrected chi connectivity index (χ4v) is 4.15. The Labute approximate surface area is 168 Å². The second-order valence-electron chi connectivity index (χ2n) is 6.42. The molecule has 9 nitrogen and oxygen atoms in total. The van der Waals surface area contributed by atoms with E-state index < -0.39 is 16.1 Å². The summed E-state index contributed by atoms with van der Waals surface area (Å²) in [6, 6.07) is 9.43. The van der Waals surface area contributed by atoms with Crippen LogP contribution < -0.4 is 15.8 Å². The van der Waals surface area contributed by atoms with Gasteiger partial charge in [-0.3, -0.25) is 9.78 Å². The number of hydrogen-bond acceptors (Lipinski definition) is 7. The van der Waals surface area contributed by atoms with Crippen LogP contribution in [0.5, 0.6) is 0 Å². The van der Waals surface area contributed by atoms with Crippen molar-refractivity contribution >= 4 is 21.6 Å². The van der Waals surface area contributed by atoms with Gasteiger partial charge in [-0.15, -0.1) is 0 Å². The van der Waals surface area contributed by atoms with E-state index in [1.807, 2.05) is 0 Å². The number of aromatic nitrogens is 2. The number of anilines is 1. The Hall–Kier alpha value is -3.08. The van der Waals surface area contributed by atoms with Gasteiger partial charge in [0.05, 0.1) is 0 Å². The molecule has 10 heteroatoms. The van der Waals surface area contributed by atoms with E-state index in [1.54, 1.807) is 55.7 Å². The summed E-state index contributed by atoms with van der Waals surface area (Å²) >= 11 is 0. The van der Waals surface area contributed by atoms with Crippen LogP contribution in [0.4, 0.5) is 5.69 Å². The zero-order valence-electron chi connectivity index (χ0n) is 15.9. The van der Waals surface area contributed by atoms with Crippen LogP contribution in [-0.4, -0.2) is 31.0 Å². The average Bonchev–Trinajstić information content (AvgIpc) is 3.06. The second kappa shape index (κ2) is 8.52. The fraction of sp³-hybridized carbons (Fsp3) is 0.211. The number of carbonyl (C=O) groups excluding carboxylic acids is 1. The Balaban J connectivity index is 1.63. The van der Waals surface area contributed by atoms with Crippen molar-refractivity contribution in [3.8, 4) is 0 Å². The molecule has 0 aliphatic rings. The lowest BCUT2D eigenvalue weighted by atomic mass is 10.1. The molecule has 2 aromatic heterocycles. The molecule has 29 heavy (non-hydrogen) atoms. The molecule has 0 saturated carbocycles. The maximum absolute atomic E-state index is 12.5. The van der Waals surface area contributed by atoms with Crippen molar-refractivity contribution in [3.05, 3.63) is 71.4 Å². The van der Waals surface area contributed by atoms with Crippen LogP contribution >= 0.6 is 0 Å². The van der Waals surface area contributed by atoms with Crippen molar-refractivity contribution in [2.24, 2.45) is 5.73 Å². The molecule has 2 heterocycles. The minimum absolute atomic E-state index is 0.0189. The summed E-state index contributed by atoms with van der Waals surface area (Å²) < 4.78 is 32.3. The molecule has 0 aliphatic heterocycles. The first-order valence-corrected chi connectivity index (χ1v) is 10.3. The zero-order valence-corrected chi connectivity index (χ0v) is 16.7. The van der Waals surface area contributed by atoms with Crippen molar-refractivity contribution in [1.29, 1.82) is 0 Å². The molecular formula is C19H21N5O4S. The monoisotopic (exact) mass is 415 g/mol. The van der Waals surface area contributed by atoms with Gasteiger partial charge in [-0.1, -0.05) is 17.3 Å². The predicted molar refractivity (Wildman–Crippen MR) is 107 cm³/mol. The van der Waals surface area contributed by atoms with E-state index in [1.165, 1.54) is 6.92 Å². The first-order chi connectivity index (χ1) is 13.8. The van der Waals surface area contributed by atoms with Crippen molar-refractivity contribution in [3.63, 3.8) is 0 Å². The summed E-state index contributed by atoms with van der Waals surface area (Å²) in [6.07, 6.45) is 3.17. The number of aryl methyl sites for hydroxylation is 2. The van der Waals surface area contributed by atoms with Gasteiger partial charge < -0.3 is 15.6 Å². The molecule has 1 unspecified atom stereocenters. The molecule has 3 rings (SSSR count). The molecular weight excluding hydrogens is 394 g/mol. The van der Waals surface area contributed by atoms with Crippen LogP contribution in [0, 0.1) is 13.8 Å². The lowest BCUT2D eigenvalue weighted by Gasteiger charge is -2.14. The molecule has 0 aliphatic carbocycles. The lowest BCUT2D eigenvalue weighted by molar-refractivity contribution is 0.102. The second-order valence-corrected chi connectivity index (χ2v) is 8.13. The third-order valence-corrected chi connectivity index (χ3v) is 5.94. The Bertz CT molecular complexity index is 1080. The number of benzene rings is 1. The number of sulfonamides is 1. The van der Waals surface area contributed by atoms with E-state index in [0.29, 0.717) is 16.8 Å². The topological polar surface area (TPSA) is 140 Å². The van der Waals surface area contributed by atoms with Crippen LogP contribution in [0.25, 0.3) is 0 Å². The summed E-state index contributed by atoms with van der Waals surface area (Å²) in [5.41, 5.74) is 8.17. The third kappa shape index (κ3) is 4.86. The van der Waals surface area contributed by atoms with Gasteiger partial charge in [-0.2, -0.15) is 0 Å². The summed E-state index contributed by atoms with van der Waals surface area (Å²) in [5, 5.41) is 6.42. The highest BCUT2D eigenvalue weighted by atomic mass is 32.2. The van der Waals surface area contributed by atoms with Gasteiger partial charge in [0.2, 0.25) is 10.0 Å². The molecule has 1 amide bonds. The van der Waals surface area contributed by atoms with Gasteiger partial charge in [0.15, 0.2) is 5.76 Å². The largest absolute Gasteiger partial charge is 0.360 e. The molecule has 1 atom stereocenters. The van der Waals surface area contributed by atoms with Gasteiger partial charge in [-0.05, 0) is 43.7 Å². The van der Waals surface area contributed by atoms with E-state index >= 15 is 0 Å². The van der Waals surface area contributed by atoms with E-state index in [4.69, 9.17) is 10.3 Å². The Morgan fingerprint density at radius 1 is 1.14 bits per heavy atom. The van der Waals surface area contributed by atoms with Gasteiger partial charge in [0.1, 0.15) is 10.6 Å². The number of nitrogens with one attached hydrogen (secondary N) is 2. The number of rotatable bonds is 7. The Morgan fingerprint density at radius 3 is 2.38 bits per heavy atom. The number of nitrogens with two attached hydrogens (primary N) is 1. The lowest BCUT2D eigenvalue weighted by Crippen LogP contribution is -2.32. The van der Waals surface area contributed by atoms with Crippen molar-refractivity contribution in [2.75, 3.05) is 11.9 Å². The van der Waals surface area contributed by atoms with Crippen LogP contribution in [0.2, 0.25) is 0 Å². The maximum Gasteiger partial charge on any atom is 0.255 e. The van der Waals surface area contributed by atoms with E-state index in [9.17, 15) is 13.2 Å². The number of hydrogen-bond donors (Lipinski definition) is 3. The number of carbonyl (C=O) groups is 1. The first kappa shape index (κ1) is 20.6. The highest BCUT2D eigenvalue weighted by Crippen LogP contribution is 2.19. The summed E-state index contributed by atoms with van der Waals surface area (Å²) in [4.78, 5) is 16.2. The van der Waals surface area contributed by atoms with Gasteiger partial charge in [0, 0.05) is 36.2 Å². The summed E-state index contributed by atoms with van der Waals surface area (Å²) in [7, 11) is -3.79. The highest BCUT2D eigenvalue weighted by molar-refractivity contribution is 7.89. The molecule has 1 aromatic carbocycles. The Kier molecular flexibility index (Phi) is 6.06. The number of pyridine rings is 1. The quantitative estimate of drug-likeness (QED) is 0.535. The maximum atomic E-state index is 12.5. The molecule has 0 fully saturated rings. The van der Waals surface area contributed by atoms with Crippen LogP contribution in [0.15, 0.2) is 58.2 Å². The van der Waals surface area contributed by atoms with Crippen LogP contribution in [0.3, 0.4) is 0 Å². The molecule has 0 bridgehead atoms. The zero-order chi connectivity index (χ0) is 21.0. The normalized spacial score (nSPS) is 12.5. The molecule has 0 radical (unpaired) electrons. The summed E-state index contributed by atoms with van der Waals surface area (Å²) in [5.74, 6) is -0.0523. The highest BCUT2D eigenvalue weighted by Gasteiger charge is 2.24. The molecule has 3 aromatic rings. The van der Waals surface area contributed by atoms with Gasteiger partial charge in [0.25, 0.3) is 5.91 Å². The SMILES string of the molecule is Cc1noc(C)c1S(=O)(=O)NCC(N)c1ccc(C(=O)Nc2ccncc2)cc1. The van der Waals surface area contributed by atoms with E-state index in [-0.39, 0.29) is 28.8 Å². The molecule has 0 saturated heterocycles. The van der Waals surface area contributed by atoms with E-state index in [0.717, 1.165) is 0 Å². The van der Waals surface area contributed by atoms with Crippen molar-refractivity contribution in [1.82, 2.24) is 14.9 Å². The Morgan fingerprint density at radius 2 is 1.79 bits per heavy atom. The number of amides is 1. The standard InChI is InChI=1S/C19H21N5O4S/c1-12-18(13(2)28-24-12)29(26,27)22-11-17(20)14-3-5-15(6-4-14)19(25)23-16-7-9-21-10-8-16/h3-10,17,22H,11,20H2,1-2H3,(H,21,23,25). The summed E-state index contributed by atoms with van der Waals surface area (Å²) in [6.45, 7) is 3.07. The molecule has 4 N–H and O–H groups in total. The first-order valence-electron chi connectivity index (χ1n) is 8.77. The van der Waals surface area contributed by atoms with Gasteiger partial charge >= 0.3 is 0 Å². The third-order valence-electron chi connectivity index (χ3n) is 4.27. The molecule has 0 spiro atoms. The van der Waals surface area contributed by atoms with E-state index in [2.05, 4.69) is 20.2 Å². The molecule has 152 valence electrons. The minimum Gasteiger partial charge on any atom is -0.360 e. The minimum atomic E-state index is -3.79. The fourth-order valence-electron chi connectivity index (χ4n) is 2.77. The van der Waals surface area contributed by atoms with Crippen molar-refractivity contribution in [2.45, 2.75) is 24.8 Å². The van der Waals surface area contributed by atoms with Gasteiger partial charge in [-0.25, -0.2) is 13.1 Å². The van der Waals surface area contributed by atoms with Crippen LogP contribution in [-0.2, 0) is 10.0 Å².